The van der Waals surface area contributed by atoms with Crippen molar-refractivity contribution >= 4 is 17.8 Å². The molecule has 128 valence electrons. The lowest BCUT2D eigenvalue weighted by Crippen LogP contribution is -2.00. The maximum absolute atomic E-state index is 11.8. The number of carbonyl (C=O) groups is 2. The van der Waals surface area contributed by atoms with E-state index in [4.69, 9.17) is 5.11 Å². The normalized spacial score (nSPS) is 11.2. The van der Waals surface area contributed by atoms with Crippen LogP contribution in [0.1, 0.15) is 70.4 Å². The largest absolute Gasteiger partial charge is 0.481 e. The minimum atomic E-state index is -0.716. The lowest BCUT2D eigenvalue weighted by atomic mass is 10.1. The Morgan fingerprint density at radius 1 is 1.09 bits per heavy atom. The van der Waals surface area contributed by atoms with E-state index in [1.807, 2.05) is 24.4 Å². The smallest absolute Gasteiger partial charge is 0.303 e. The number of carbonyl (C=O) groups excluding carboxylic acids is 1. The van der Waals surface area contributed by atoms with Crippen molar-refractivity contribution in [3.63, 3.8) is 0 Å². The third-order valence-corrected chi connectivity index (χ3v) is 3.87. The van der Waals surface area contributed by atoms with Gasteiger partial charge in [-0.15, -0.1) is 0 Å². The molecule has 0 aromatic carbocycles. The first kappa shape index (κ1) is 19.2. The second-order valence-electron chi connectivity index (χ2n) is 5.94. The van der Waals surface area contributed by atoms with Crippen molar-refractivity contribution < 1.29 is 14.7 Å². The van der Waals surface area contributed by atoms with Gasteiger partial charge in [-0.3, -0.25) is 9.59 Å². The fourth-order valence-electron chi connectivity index (χ4n) is 2.51. The van der Waals surface area contributed by atoms with Crippen LogP contribution in [0.3, 0.4) is 0 Å². The number of hydrogen-bond donors (Lipinski definition) is 1. The minimum Gasteiger partial charge on any atom is -0.481 e. The predicted molar refractivity (Wildman–Crippen MR) is 93.3 cm³/mol. The number of carboxylic acid groups (broad SMARTS) is 1. The Morgan fingerprint density at radius 3 is 2.57 bits per heavy atom. The third-order valence-electron chi connectivity index (χ3n) is 3.87. The lowest BCUT2D eigenvalue weighted by molar-refractivity contribution is -0.137. The highest BCUT2D eigenvalue weighted by atomic mass is 16.4. The average Bonchev–Trinajstić information content (AvgIpc) is 2.96. The SMILES string of the molecule is CCCCCC(=O)/C=C/c1cccn1CCCCCCC(=O)O. The van der Waals surface area contributed by atoms with Crippen LogP contribution in [0.2, 0.25) is 0 Å². The van der Waals surface area contributed by atoms with Crippen LogP contribution in [0.15, 0.2) is 24.4 Å². The zero-order valence-corrected chi connectivity index (χ0v) is 14.2. The zero-order valence-electron chi connectivity index (χ0n) is 14.2. The summed E-state index contributed by atoms with van der Waals surface area (Å²) in [5, 5.41) is 8.59. The molecule has 0 aliphatic rings. The first-order valence-electron chi connectivity index (χ1n) is 8.71. The molecule has 4 nitrogen and oxygen atoms in total. The summed E-state index contributed by atoms with van der Waals surface area (Å²) in [7, 11) is 0. The molecule has 0 atom stereocenters. The molecule has 0 amide bonds. The van der Waals surface area contributed by atoms with Gasteiger partial charge in [0.25, 0.3) is 0 Å². The molecule has 0 aliphatic heterocycles. The van der Waals surface area contributed by atoms with Gasteiger partial charge in [0.15, 0.2) is 5.78 Å². The molecule has 1 aromatic rings. The van der Waals surface area contributed by atoms with Gasteiger partial charge < -0.3 is 9.67 Å². The summed E-state index contributed by atoms with van der Waals surface area (Å²) in [6.45, 7) is 3.04. The first-order chi connectivity index (χ1) is 11.1. The van der Waals surface area contributed by atoms with Crippen molar-refractivity contribution in [3.05, 3.63) is 30.1 Å². The van der Waals surface area contributed by atoms with E-state index < -0.39 is 5.97 Å². The summed E-state index contributed by atoms with van der Waals surface area (Å²) in [5.41, 5.74) is 1.05. The molecule has 0 fully saturated rings. The van der Waals surface area contributed by atoms with Crippen LogP contribution in [-0.4, -0.2) is 21.4 Å². The van der Waals surface area contributed by atoms with Crippen molar-refractivity contribution in [2.24, 2.45) is 0 Å². The van der Waals surface area contributed by atoms with Gasteiger partial charge >= 0.3 is 5.97 Å². The zero-order chi connectivity index (χ0) is 16.9. The molecule has 0 saturated carbocycles. The highest BCUT2D eigenvalue weighted by molar-refractivity contribution is 5.93. The molecule has 0 unspecified atom stereocenters. The molecule has 0 spiro atoms. The Balaban J connectivity index is 2.29. The highest BCUT2D eigenvalue weighted by Gasteiger charge is 2.01. The van der Waals surface area contributed by atoms with Gasteiger partial charge in [-0.1, -0.05) is 32.6 Å². The Hall–Kier alpha value is -1.84. The summed E-state index contributed by atoms with van der Waals surface area (Å²) in [6, 6.07) is 4.01. The van der Waals surface area contributed by atoms with Gasteiger partial charge in [-0.05, 0) is 43.5 Å². The summed E-state index contributed by atoms with van der Waals surface area (Å²) >= 11 is 0. The topological polar surface area (TPSA) is 59.3 Å². The van der Waals surface area contributed by atoms with Crippen LogP contribution >= 0.6 is 0 Å². The number of unbranched alkanes of at least 4 members (excludes halogenated alkanes) is 5. The van der Waals surface area contributed by atoms with Crippen LogP contribution in [0.25, 0.3) is 6.08 Å². The van der Waals surface area contributed by atoms with Crippen LogP contribution < -0.4 is 0 Å². The number of aromatic nitrogens is 1. The van der Waals surface area contributed by atoms with Crippen LogP contribution in [0.5, 0.6) is 0 Å². The summed E-state index contributed by atoms with van der Waals surface area (Å²) in [4.78, 5) is 22.2. The third kappa shape index (κ3) is 9.01. The number of aliphatic carboxylic acids is 1. The second-order valence-corrected chi connectivity index (χ2v) is 5.94. The van der Waals surface area contributed by atoms with Gasteiger partial charge in [-0.2, -0.15) is 0 Å². The fraction of sp³-hybridized carbons (Fsp3) is 0.579. The standard InChI is InChI=1S/C19H29NO3/c1-2-3-6-11-18(21)14-13-17-10-9-16-20(17)15-8-5-4-7-12-19(22)23/h9-10,13-14,16H,2-8,11-12,15H2,1H3,(H,22,23)/b14-13+. The van der Waals surface area contributed by atoms with Crippen molar-refractivity contribution in [1.29, 1.82) is 0 Å². The van der Waals surface area contributed by atoms with Gasteiger partial charge in [0.05, 0.1) is 0 Å². The molecule has 0 saturated heterocycles. The maximum atomic E-state index is 11.8. The number of allylic oxidation sites excluding steroid dienone is 1. The van der Waals surface area contributed by atoms with Crippen molar-refractivity contribution in [3.8, 4) is 0 Å². The monoisotopic (exact) mass is 319 g/mol. The van der Waals surface area contributed by atoms with Crippen LogP contribution in [0, 0.1) is 0 Å². The average molecular weight is 319 g/mol. The lowest BCUT2D eigenvalue weighted by Gasteiger charge is -2.06. The van der Waals surface area contributed by atoms with E-state index in [2.05, 4.69) is 11.5 Å². The van der Waals surface area contributed by atoms with E-state index in [0.29, 0.717) is 6.42 Å². The van der Waals surface area contributed by atoms with Gasteiger partial charge in [0.2, 0.25) is 0 Å². The second kappa shape index (κ2) is 11.7. The van der Waals surface area contributed by atoms with Crippen LogP contribution in [-0.2, 0) is 16.1 Å². The van der Waals surface area contributed by atoms with E-state index in [0.717, 1.165) is 57.2 Å². The number of hydrogen-bond acceptors (Lipinski definition) is 2. The molecule has 0 bridgehead atoms. The molecule has 0 aliphatic carbocycles. The predicted octanol–water partition coefficient (Wildman–Crippen LogP) is 4.69. The van der Waals surface area contributed by atoms with E-state index >= 15 is 0 Å². The molecule has 0 radical (unpaired) electrons. The molecular formula is C19H29NO3. The number of nitrogens with zero attached hydrogens (tertiary/aromatic N) is 1. The Kier molecular flexibility index (Phi) is 9.76. The van der Waals surface area contributed by atoms with Crippen molar-refractivity contribution in [1.82, 2.24) is 4.57 Å². The molecule has 1 aromatic heterocycles. The molecule has 1 heterocycles. The Labute approximate surface area is 139 Å². The van der Waals surface area contributed by atoms with E-state index in [9.17, 15) is 9.59 Å². The number of aryl methyl sites for hydroxylation is 1. The maximum Gasteiger partial charge on any atom is 0.303 e. The quantitative estimate of drug-likeness (QED) is 0.424. The van der Waals surface area contributed by atoms with Gasteiger partial charge in [0.1, 0.15) is 0 Å². The summed E-state index contributed by atoms with van der Waals surface area (Å²) in [6.07, 6.45) is 13.5. The molecule has 1 N–H and O–H groups in total. The summed E-state index contributed by atoms with van der Waals surface area (Å²) < 4.78 is 2.15. The number of carboxylic acids is 1. The molecular weight excluding hydrogens is 290 g/mol. The van der Waals surface area contributed by atoms with Crippen molar-refractivity contribution in [2.75, 3.05) is 0 Å². The molecule has 1 rings (SSSR count). The Morgan fingerprint density at radius 2 is 1.83 bits per heavy atom. The highest BCUT2D eigenvalue weighted by Crippen LogP contribution is 2.10. The van der Waals surface area contributed by atoms with Crippen LogP contribution in [0.4, 0.5) is 0 Å². The van der Waals surface area contributed by atoms with Crippen molar-refractivity contribution in [2.45, 2.75) is 71.3 Å². The fourth-order valence-corrected chi connectivity index (χ4v) is 2.51. The molecule has 23 heavy (non-hydrogen) atoms. The van der Waals surface area contributed by atoms with E-state index in [1.54, 1.807) is 6.08 Å². The minimum absolute atomic E-state index is 0.194. The van der Waals surface area contributed by atoms with E-state index in [-0.39, 0.29) is 12.2 Å². The first-order valence-corrected chi connectivity index (χ1v) is 8.71. The number of ketones is 1. The van der Waals surface area contributed by atoms with E-state index in [1.165, 1.54) is 0 Å². The Bertz CT molecular complexity index is 502. The van der Waals surface area contributed by atoms with Gasteiger partial charge in [0, 0.05) is 31.3 Å². The van der Waals surface area contributed by atoms with Gasteiger partial charge in [-0.25, -0.2) is 0 Å². The summed E-state index contributed by atoms with van der Waals surface area (Å²) in [5.74, 6) is -0.522. The molecule has 4 heteroatoms. The number of rotatable bonds is 13.